The van der Waals surface area contributed by atoms with E-state index in [2.05, 4.69) is 23.7 Å². The molecule has 2 aromatic carbocycles. The Balaban J connectivity index is 1.83. The molecule has 0 aliphatic rings. The summed E-state index contributed by atoms with van der Waals surface area (Å²) in [6.45, 7) is 7.75. The maximum Gasteiger partial charge on any atom is 0.338 e. The number of carbonyl (C=O) groups is 1. The monoisotopic (exact) mass is 423 g/mol. The van der Waals surface area contributed by atoms with E-state index in [0.29, 0.717) is 23.3 Å². The molecule has 0 aliphatic carbocycles. The summed E-state index contributed by atoms with van der Waals surface area (Å²) in [5.41, 5.74) is 2.00. The third-order valence-electron chi connectivity index (χ3n) is 4.87. The van der Waals surface area contributed by atoms with E-state index >= 15 is 0 Å². The third kappa shape index (κ3) is 5.63. The summed E-state index contributed by atoms with van der Waals surface area (Å²) >= 11 is 0. The van der Waals surface area contributed by atoms with Crippen LogP contribution in [0.4, 0.5) is 0 Å². The lowest BCUT2D eigenvalue weighted by Gasteiger charge is -2.15. The number of phenolic OH excluding ortho intramolecular Hbond substituents is 1. The number of hydrogen-bond donors (Lipinski definition) is 1. The highest BCUT2D eigenvalue weighted by Crippen LogP contribution is 2.41. The summed E-state index contributed by atoms with van der Waals surface area (Å²) in [6.07, 6.45) is 6.65. The maximum atomic E-state index is 12.0. The van der Waals surface area contributed by atoms with Gasteiger partial charge in [-0.1, -0.05) is 57.7 Å². The smallest absolute Gasteiger partial charge is 0.338 e. The van der Waals surface area contributed by atoms with Crippen molar-refractivity contribution in [3.05, 3.63) is 48.6 Å². The molecular formula is C24H29N3O4. The molecule has 164 valence electrons. The first-order valence-corrected chi connectivity index (χ1v) is 10.7. The van der Waals surface area contributed by atoms with Gasteiger partial charge in [0.25, 0.3) is 0 Å². The van der Waals surface area contributed by atoms with E-state index in [0.717, 1.165) is 19.3 Å². The van der Waals surface area contributed by atoms with Gasteiger partial charge in [0, 0.05) is 5.57 Å². The molecule has 0 spiro atoms. The number of ether oxygens (including phenoxy) is 2. The van der Waals surface area contributed by atoms with Gasteiger partial charge in [-0.15, -0.1) is 15.0 Å². The lowest BCUT2D eigenvalue weighted by Crippen LogP contribution is -2.11. The normalized spacial score (nSPS) is 10.9. The maximum absolute atomic E-state index is 12.0. The Kier molecular flexibility index (Phi) is 7.65. The van der Waals surface area contributed by atoms with Gasteiger partial charge in [-0.25, -0.2) is 4.79 Å². The molecule has 0 aliphatic heterocycles. The molecule has 31 heavy (non-hydrogen) atoms. The molecular weight excluding hydrogens is 394 g/mol. The van der Waals surface area contributed by atoms with Crippen LogP contribution in [0, 0.1) is 0 Å². The van der Waals surface area contributed by atoms with Crippen LogP contribution in [0.3, 0.4) is 0 Å². The molecule has 0 radical (unpaired) electrons. The van der Waals surface area contributed by atoms with Crippen LogP contribution < -0.4 is 9.47 Å². The molecule has 7 heteroatoms. The summed E-state index contributed by atoms with van der Waals surface area (Å²) in [6, 6.07) is 10.6. The number of fused-ring (bicyclic) bond motifs is 1. The molecule has 0 atom stereocenters. The van der Waals surface area contributed by atoms with Gasteiger partial charge in [0.05, 0.1) is 6.61 Å². The van der Waals surface area contributed by atoms with Crippen LogP contribution in [0.15, 0.2) is 48.6 Å². The molecule has 3 aromatic rings. The van der Waals surface area contributed by atoms with Gasteiger partial charge in [-0.2, -0.15) is 0 Å². The molecule has 0 unspecified atom stereocenters. The number of carbonyl (C=O) groups excluding carboxylic acids is 1. The van der Waals surface area contributed by atoms with Crippen LogP contribution in [0.5, 0.6) is 17.2 Å². The van der Waals surface area contributed by atoms with Crippen LogP contribution >= 0.6 is 0 Å². The quantitative estimate of drug-likeness (QED) is 0.194. The molecule has 1 heterocycles. The second-order valence-electron chi connectivity index (χ2n) is 7.52. The average molecular weight is 424 g/mol. The molecule has 0 fully saturated rings. The van der Waals surface area contributed by atoms with Crippen LogP contribution in [-0.2, 0) is 4.79 Å². The van der Waals surface area contributed by atoms with Gasteiger partial charge < -0.3 is 14.6 Å². The molecule has 0 bridgehead atoms. The summed E-state index contributed by atoms with van der Waals surface area (Å²) < 4.78 is 11.2. The van der Waals surface area contributed by atoms with Crippen molar-refractivity contribution in [2.75, 3.05) is 6.61 Å². The Morgan fingerprint density at radius 2 is 1.68 bits per heavy atom. The Hall–Kier alpha value is -3.35. The van der Waals surface area contributed by atoms with Crippen molar-refractivity contribution in [1.82, 2.24) is 15.0 Å². The van der Waals surface area contributed by atoms with Gasteiger partial charge in [-0.05, 0) is 37.6 Å². The summed E-state index contributed by atoms with van der Waals surface area (Å²) in [7, 11) is 0. The van der Waals surface area contributed by atoms with Crippen molar-refractivity contribution >= 4 is 17.0 Å². The zero-order valence-electron chi connectivity index (χ0n) is 18.1. The zero-order valence-corrected chi connectivity index (χ0v) is 18.1. The number of aromatic nitrogens is 3. The van der Waals surface area contributed by atoms with Gasteiger partial charge in [0.15, 0.2) is 11.5 Å². The highest BCUT2D eigenvalue weighted by atomic mass is 16.6. The number of hydrogen-bond acceptors (Lipinski definition) is 6. The molecule has 1 N–H and O–H groups in total. The molecule has 7 nitrogen and oxygen atoms in total. The largest absolute Gasteiger partial charge is 0.503 e. The minimum atomic E-state index is -0.584. The number of unbranched alkanes of at least 4 members (excludes halogenated alkanes) is 5. The number of benzene rings is 2. The first kappa shape index (κ1) is 22.3. The molecule has 0 amide bonds. The number of nitrogens with zero attached hydrogens (tertiary/aromatic N) is 3. The second-order valence-corrected chi connectivity index (χ2v) is 7.52. The SMILES string of the molecule is C=C(C)C(=O)Oc1ccc(-n2nc3ccccc3n2)c(O)c1OCCCCCCCC. The van der Waals surface area contributed by atoms with Crippen LogP contribution in [-0.4, -0.2) is 32.7 Å². The van der Waals surface area contributed by atoms with Crippen molar-refractivity contribution in [3.63, 3.8) is 0 Å². The first-order chi connectivity index (χ1) is 15.0. The number of aromatic hydroxyl groups is 1. The minimum absolute atomic E-state index is 0.0991. The minimum Gasteiger partial charge on any atom is -0.503 e. The van der Waals surface area contributed by atoms with E-state index in [4.69, 9.17) is 9.47 Å². The second kappa shape index (κ2) is 10.6. The van der Waals surface area contributed by atoms with E-state index in [1.807, 2.05) is 24.3 Å². The highest BCUT2D eigenvalue weighted by Gasteiger charge is 2.20. The predicted octanol–water partition coefficient (Wildman–Crippen LogP) is 5.35. The van der Waals surface area contributed by atoms with Crippen molar-refractivity contribution < 1.29 is 19.4 Å². The average Bonchev–Trinajstić information content (AvgIpc) is 3.18. The third-order valence-corrected chi connectivity index (χ3v) is 4.87. The zero-order chi connectivity index (χ0) is 22.2. The fourth-order valence-electron chi connectivity index (χ4n) is 3.13. The van der Waals surface area contributed by atoms with Crippen LogP contribution in [0.25, 0.3) is 16.7 Å². The predicted molar refractivity (Wildman–Crippen MR) is 120 cm³/mol. The fraction of sp³-hybridized carbons (Fsp3) is 0.375. The van der Waals surface area contributed by atoms with Crippen LogP contribution in [0.1, 0.15) is 52.4 Å². The highest BCUT2D eigenvalue weighted by molar-refractivity contribution is 5.89. The van der Waals surface area contributed by atoms with Crippen molar-refractivity contribution in [1.29, 1.82) is 0 Å². The van der Waals surface area contributed by atoms with Gasteiger partial charge in [-0.3, -0.25) is 0 Å². The topological polar surface area (TPSA) is 86.5 Å². The lowest BCUT2D eigenvalue weighted by atomic mass is 10.1. The molecule has 0 saturated carbocycles. The van der Waals surface area contributed by atoms with Crippen molar-refractivity contribution in [2.45, 2.75) is 52.4 Å². The summed E-state index contributed by atoms with van der Waals surface area (Å²) in [5, 5.41) is 19.8. The van der Waals surface area contributed by atoms with E-state index < -0.39 is 5.97 Å². The van der Waals surface area contributed by atoms with Gasteiger partial charge >= 0.3 is 5.97 Å². The Morgan fingerprint density at radius 1 is 1.03 bits per heavy atom. The summed E-state index contributed by atoms with van der Waals surface area (Å²) in [4.78, 5) is 13.4. The van der Waals surface area contributed by atoms with Crippen LogP contribution in [0.2, 0.25) is 0 Å². The number of phenols is 1. The number of esters is 1. The lowest BCUT2D eigenvalue weighted by molar-refractivity contribution is -0.130. The van der Waals surface area contributed by atoms with E-state index in [-0.39, 0.29) is 22.8 Å². The van der Waals surface area contributed by atoms with E-state index in [1.54, 1.807) is 19.1 Å². The van der Waals surface area contributed by atoms with Gasteiger partial charge in [0.1, 0.15) is 16.7 Å². The first-order valence-electron chi connectivity index (χ1n) is 10.7. The standard InChI is InChI=1S/C24H29N3O4/c1-4-5-6-7-8-11-16-30-23-21(31-24(29)17(2)3)15-14-20(22(23)28)27-25-18-12-9-10-13-19(18)26-27/h9-10,12-15,28H,2,4-8,11,16H2,1,3H3. The number of rotatable bonds is 11. The Morgan fingerprint density at radius 3 is 2.32 bits per heavy atom. The van der Waals surface area contributed by atoms with Gasteiger partial charge in [0.2, 0.25) is 5.75 Å². The Bertz CT molecular complexity index is 1030. The van der Waals surface area contributed by atoms with Crippen molar-refractivity contribution in [3.8, 4) is 22.9 Å². The fourth-order valence-corrected chi connectivity index (χ4v) is 3.13. The molecule has 1 aromatic heterocycles. The molecule has 3 rings (SSSR count). The Labute approximate surface area is 182 Å². The van der Waals surface area contributed by atoms with E-state index in [9.17, 15) is 9.90 Å². The molecule has 0 saturated heterocycles. The summed E-state index contributed by atoms with van der Waals surface area (Å²) in [5.74, 6) is -0.531. The van der Waals surface area contributed by atoms with Crippen molar-refractivity contribution in [2.24, 2.45) is 0 Å². The van der Waals surface area contributed by atoms with E-state index in [1.165, 1.54) is 24.1 Å².